The standard InChI is InChI=1S/C21H16N2O2S/c24-21(19-7-4-13-25-19)23(15-20-22-12-14-26-20)18-10-8-17(9-11-18)16-5-2-1-3-6-16/h1-14H,15H2. The topological polar surface area (TPSA) is 46.3 Å². The Labute approximate surface area is 155 Å². The highest BCUT2D eigenvalue weighted by molar-refractivity contribution is 7.09. The van der Waals surface area contributed by atoms with Gasteiger partial charge < -0.3 is 4.42 Å². The van der Waals surface area contributed by atoms with Gasteiger partial charge in [-0.25, -0.2) is 4.98 Å². The van der Waals surface area contributed by atoms with Crippen LogP contribution in [0.15, 0.2) is 89.0 Å². The summed E-state index contributed by atoms with van der Waals surface area (Å²) in [5, 5.41) is 2.78. The van der Waals surface area contributed by atoms with Gasteiger partial charge in [-0.2, -0.15) is 0 Å². The first kappa shape index (κ1) is 16.3. The Morgan fingerprint density at radius 3 is 2.38 bits per heavy atom. The molecule has 0 atom stereocenters. The van der Waals surface area contributed by atoms with E-state index in [1.165, 1.54) is 17.6 Å². The summed E-state index contributed by atoms with van der Waals surface area (Å²) in [5.41, 5.74) is 3.05. The molecule has 0 fully saturated rings. The zero-order valence-electron chi connectivity index (χ0n) is 13.9. The van der Waals surface area contributed by atoms with Crippen LogP contribution in [0.25, 0.3) is 11.1 Å². The second-order valence-electron chi connectivity index (χ2n) is 5.71. The highest BCUT2D eigenvalue weighted by Crippen LogP contribution is 2.26. The van der Waals surface area contributed by atoms with Crippen molar-refractivity contribution in [2.45, 2.75) is 6.54 Å². The van der Waals surface area contributed by atoms with Gasteiger partial charge in [0.2, 0.25) is 0 Å². The Bertz CT molecular complexity index is 963. The van der Waals surface area contributed by atoms with E-state index in [1.54, 1.807) is 23.2 Å². The van der Waals surface area contributed by atoms with Gasteiger partial charge in [0.25, 0.3) is 5.91 Å². The number of anilines is 1. The summed E-state index contributed by atoms with van der Waals surface area (Å²) in [6.45, 7) is 0.405. The summed E-state index contributed by atoms with van der Waals surface area (Å²) in [5.74, 6) is 0.131. The van der Waals surface area contributed by atoms with E-state index in [2.05, 4.69) is 17.1 Å². The van der Waals surface area contributed by atoms with Crippen molar-refractivity contribution in [3.05, 3.63) is 95.3 Å². The third-order valence-electron chi connectivity index (χ3n) is 4.04. The highest BCUT2D eigenvalue weighted by atomic mass is 32.1. The Morgan fingerprint density at radius 1 is 0.962 bits per heavy atom. The fourth-order valence-corrected chi connectivity index (χ4v) is 3.35. The van der Waals surface area contributed by atoms with Crippen LogP contribution in [0.4, 0.5) is 5.69 Å². The number of hydrogen-bond acceptors (Lipinski definition) is 4. The third-order valence-corrected chi connectivity index (χ3v) is 4.80. The maximum Gasteiger partial charge on any atom is 0.294 e. The molecule has 0 saturated carbocycles. The molecule has 26 heavy (non-hydrogen) atoms. The summed E-state index contributed by atoms with van der Waals surface area (Å²) >= 11 is 1.52. The molecule has 4 nitrogen and oxygen atoms in total. The summed E-state index contributed by atoms with van der Waals surface area (Å²) in [6.07, 6.45) is 3.25. The Balaban J connectivity index is 1.66. The van der Waals surface area contributed by atoms with Crippen LogP contribution in [0.2, 0.25) is 0 Å². The van der Waals surface area contributed by atoms with E-state index < -0.39 is 0 Å². The van der Waals surface area contributed by atoms with Gasteiger partial charge >= 0.3 is 0 Å². The van der Waals surface area contributed by atoms with E-state index in [1.807, 2.05) is 47.8 Å². The molecule has 1 amide bonds. The van der Waals surface area contributed by atoms with Gasteiger partial charge in [0.15, 0.2) is 5.76 Å². The molecule has 0 aliphatic rings. The predicted molar refractivity (Wildman–Crippen MR) is 103 cm³/mol. The predicted octanol–water partition coefficient (Wildman–Crippen LogP) is 5.25. The molecule has 0 spiro atoms. The SMILES string of the molecule is O=C(c1ccco1)N(Cc1nccs1)c1ccc(-c2ccccc2)cc1. The summed E-state index contributed by atoms with van der Waals surface area (Å²) in [7, 11) is 0. The number of amides is 1. The number of rotatable bonds is 5. The van der Waals surface area contributed by atoms with Gasteiger partial charge in [0.1, 0.15) is 5.01 Å². The molecule has 0 aliphatic heterocycles. The highest BCUT2D eigenvalue weighted by Gasteiger charge is 2.21. The first-order valence-electron chi connectivity index (χ1n) is 8.20. The molecule has 2 aromatic carbocycles. The molecular weight excluding hydrogens is 344 g/mol. The smallest absolute Gasteiger partial charge is 0.294 e. The van der Waals surface area contributed by atoms with Crippen molar-refractivity contribution >= 4 is 22.9 Å². The first-order chi connectivity index (χ1) is 12.8. The molecule has 4 aromatic rings. The average Bonchev–Trinajstić information content (AvgIpc) is 3.40. The Kier molecular flexibility index (Phi) is 4.62. The van der Waals surface area contributed by atoms with Crippen molar-refractivity contribution in [3.8, 4) is 11.1 Å². The lowest BCUT2D eigenvalue weighted by atomic mass is 10.1. The molecule has 2 aromatic heterocycles. The summed E-state index contributed by atoms with van der Waals surface area (Å²) in [6, 6.07) is 21.5. The number of nitrogens with zero attached hydrogens (tertiary/aromatic N) is 2. The fourth-order valence-electron chi connectivity index (χ4n) is 2.74. The van der Waals surface area contributed by atoms with Crippen molar-refractivity contribution in [2.75, 3.05) is 4.90 Å². The molecule has 0 radical (unpaired) electrons. The molecule has 0 bridgehead atoms. The minimum atomic E-state index is -0.183. The minimum Gasteiger partial charge on any atom is -0.459 e. The second kappa shape index (κ2) is 7.37. The van der Waals surface area contributed by atoms with Gasteiger partial charge in [-0.15, -0.1) is 11.3 Å². The fraction of sp³-hybridized carbons (Fsp3) is 0.0476. The van der Waals surface area contributed by atoms with Crippen molar-refractivity contribution in [3.63, 3.8) is 0 Å². The van der Waals surface area contributed by atoms with Crippen LogP contribution in [0, 0.1) is 0 Å². The van der Waals surface area contributed by atoms with Crippen molar-refractivity contribution in [2.24, 2.45) is 0 Å². The van der Waals surface area contributed by atoms with Crippen LogP contribution in [-0.2, 0) is 6.54 Å². The largest absolute Gasteiger partial charge is 0.459 e. The quantitative estimate of drug-likeness (QED) is 0.488. The first-order valence-corrected chi connectivity index (χ1v) is 9.08. The summed E-state index contributed by atoms with van der Waals surface area (Å²) < 4.78 is 5.30. The number of furan rings is 1. The van der Waals surface area contributed by atoms with E-state index in [0.717, 1.165) is 21.8 Å². The van der Waals surface area contributed by atoms with E-state index in [0.29, 0.717) is 12.3 Å². The van der Waals surface area contributed by atoms with Gasteiger partial charge in [0.05, 0.1) is 12.8 Å². The number of aromatic nitrogens is 1. The van der Waals surface area contributed by atoms with Gasteiger partial charge in [-0.3, -0.25) is 9.69 Å². The summed E-state index contributed by atoms with van der Waals surface area (Å²) in [4.78, 5) is 18.9. The third kappa shape index (κ3) is 3.43. The molecule has 0 saturated heterocycles. The Morgan fingerprint density at radius 2 is 1.73 bits per heavy atom. The lowest BCUT2D eigenvalue weighted by molar-refractivity contribution is 0.0958. The number of hydrogen-bond donors (Lipinski definition) is 0. The molecule has 0 N–H and O–H groups in total. The monoisotopic (exact) mass is 360 g/mol. The normalized spacial score (nSPS) is 10.6. The van der Waals surface area contributed by atoms with Gasteiger partial charge in [0, 0.05) is 17.3 Å². The average molecular weight is 360 g/mol. The lowest BCUT2D eigenvalue weighted by Crippen LogP contribution is -2.30. The van der Waals surface area contributed by atoms with Crippen molar-refractivity contribution < 1.29 is 9.21 Å². The number of carbonyl (C=O) groups is 1. The van der Waals surface area contributed by atoms with Gasteiger partial charge in [-0.1, -0.05) is 42.5 Å². The number of carbonyl (C=O) groups excluding carboxylic acids is 1. The molecule has 0 unspecified atom stereocenters. The van der Waals surface area contributed by atoms with E-state index in [9.17, 15) is 4.79 Å². The van der Waals surface area contributed by atoms with Crippen molar-refractivity contribution in [1.29, 1.82) is 0 Å². The molecule has 2 heterocycles. The van der Waals surface area contributed by atoms with Crippen LogP contribution < -0.4 is 4.90 Å². The molecular formula is C21H16N2O2S. The van der Waals surface area contributed by atoms with Crippen molar-refractivity contribution in [1.82, 2.24) is 4.98 Å². The molecule has 5 heteroatoms. The van der Waals surface area contributed by atoms with Crippen LogP contribution >= 0.6 is 11.3 Å². The lowest BCUT2D eigenvalue weighted by Gasteiger charge is -2.21. The number of benzene rings is 2. The molecule has 4 rings (SSSR count). The maximum absolute atomic E-state index is 12.9. The van der Waals surface area contributed by atoms with E-state index >= 15 is 0 Å². The van der Waals surface area contributed by atoms with Gasteiger partial charge in [-0.05, 0) is 35.4 Å². The minimum absolute atomic E-state index is 0.183. The van der Waals surface area contributed by atoms with Crippen LogP contribution in [0.3, 0.4) is 0 Å². The maximum atomic E-state index is 12.9. The Hall–Kier alpha value is -3.18. The zero-order valence-corrected chi connectivity index (χ0v) is 14.7. The second-order valence-corrected chi connectivity index (χ2v) is 6.69. The zero-order chi connectivity index (χ0) is 17.8. The molecule has 128 valence electrons. The van der Waals surface area contributed by atoms with Crippen LogP contribution in [0.1, 0.15) is 15.6 Å². The molecule has 0 aliphatic carbocycles. The van der Waals surface area contributed by atoms with Crippen LogP contribution in [-0.4, -0.2) is 10.9 Å². The number of thiazole rings is 1. The van der Waals surface area contributed by atoms with Crippen LogP contribution in [0.5, 0.6) is 0 Å². The van der Waals surface area contributed by atoms with E-state index in [-0.39, 0.29) is 5.91 Å². The van der Waals surface area contributed by atoms with E-state index in [4.69, 9.17) is 4.42 Å².